The number of nitrogens with zero attached hydrogens (tertiary/aromatic N) is 1. The Balaban J connectivity index is 2.01. The predicted octanol–water partition coefficient (Wildman–Crippen LogP) is 3.27. The van der Waals surface area contributed by atoms with Crippen LogP contribution in [0, 0.1) is 0 Å². The average Bonchev–Trinajstić information content (AvgIpc) is 2.81. The molecule has 0 spiro atoms. The number of hydrazine groups is 1. The second-order valence-electron chi connectivity index (χ2n) is 4.80. The minimum absolute atomic E-state index is 0.0849. The number of rotatable bonds is 2. The van der Waals surface area contributed by atoms with Gasteiger partial charge in [0, 0.05) is 10.6 Å². The molecule has 0 unspecified atom stereocenters. The van der Waals surface area contributed by atoms with E-state index in [9.17, 15) is 14.7 Å². The van der Waals surface area contributed by atoms with E-state index in [4.69, 9.17) is 11.6 Å². The molecule has 0 radical (unpaired) electrons. The Bertz CT molecular complexity index is 837. The van der Waals surface area contributed by atoms with Crippen LogP contribution in [-0.4, -0.2) is 16.9 Å². The van der Waals surface area contributed by atoms with Gasteiger partial charge in [-0.05, 0) is 46.3 Å². The van der Waals surface area contributed by atoms with Crippen LogP contribution < -0.4 is 10.4 Å². The largest absolute Gasteiger partial charge is 0.506 e. The van der Waals surface area contributed by atoms with E-state index in [1.54, 1.807) is 24.3 Å². The van der Waals surface area contributed by atoms with Gasteiger partial charge >= 0.3 is 0 Å². The lowest BCUT2D eigenvalue weighted by Gasteiger charge is -2.13. The van der Waals surface area contributed by atoms with Crippen LogP contribution in [0.15, 0.2) is 52.5 Å². The molecule has 0 bridgehead atoms. The van der Waals surface area contributed by atoms with Crippen molar-refractivity contribution < 1.29 is 14.7 Å². The van der Waals surface area contributed by atoms with E-state index < -0.39 is 11.8 Å². The molecule has 0 saturated carbocycles. The zero-order valence-corrected chi connectivity index (χ0v) is 13.9. The van der Waals surface area contributed by atoms with Crippen molar-refractivity contribution in [3.05, 3.63) is 63.1 Å². The van der Waals surface area contributed by atoms with Crippen LogP contribution >= 0.6 is 27.5 Å². The van der Waals surface area contributed by atoms with Crippen LogP contribution in [0.4, 0.5) is 5.69 Å². The minimum atomic E-state index is -0.547. The molecular weight excluding hydrogens is 384 g/mol. The van der Waals surface area contributed by atoms with E-state index >= 15 is 0 Å². The highest BCUT2D eigenvalue weighted by Crippen LogP contribution is 2.33. The minimum Gasteiger partial charge on any atom is -0.506 e. The van der Waals surface area contributed by atoms with E-state index in [1.807, 2.05) is 6.07 Å². The fourth-order valence-electron chi connectivity index (χ4n) is 2.17. The molecule has 5 nitrogen and oxygen atoms in total. The van der Waals surface area contributed by atoms with Crippen LogP contribution in [0.5, 0.6) is 5.75 Å². The van der Waals surface area contributed by atoms with Crippen molar-refractivity contribution in [3.8, 4) is 5.75 Å². The van der Waals surface area contributed by atoms with Crippen molar-refractivity contribution >= 4 is 51.1 Å². The van der Waals surface area contributed by atoms with Gasteiger partial charge in [0.15, 0.2) is 0 Å². The van der Waals surface area contributed by atoms with Crippen molar-refractivity contribution in [1.82, 2.24) is 5.43 Å². The Morgan fingerprint density at radius 2 is 1.87 bits per heavy atom. The molecule has 1 aliphatic rings. The molecule has 3 rings (SSSR count). The van der Waals surface area contributed by atoms with Crippen LogP contribution in [-0.2, 0) is 9.59 Å². The fraction of sp³-hybridized carbons (Fsp3) is 0. The highest BCUT2D eigenvalue weighted by molar-refractivity contribution is 9.10. The maximum atomic E-state index is 12.4. The number of phenols is 1. The van der Waals surface area contributed by atoms with E-state index in [-0.39, 0.29) is 16.9 Å². The summed E-state index contributed by atoms with van der Waals surface area (Å²) in [6.07, 6.45) is 1.31. The van der Waals surface area contributed by atoms with Gasteiger partial charge < -0.3 is 5.11 Å². The monoisotopic (exact) mass is 392 g/mol. The molecule has 1 saturated heterocycles. The second kappa shape index (κ2) is 6.06. The third-order valence-electron chi connectivity index (χ3n) is 3.26. The summed E-state index contributed by atoms with van der Waals surface area (Å²) in [5.74, 6) is -1.15. The number of phenolic OH excluding ortho intramolecular Hbond substituents is 1. The summed E-state index contributed by atoms with van der Waals surface area (Å²) >= 11 is 9.10. The molecule has 0 atom stereocenters. The van der Waals surface area contributed by atoms with Gasteiger partial charge in [0.25, 0.3) is 11.8 Å². The molecule has 0 aliphatic carbocycles. The van der Waals surface area contributed by atoms with Crippen LogP contribution in [0.2, 0.25) is 5.02 Å². The number of nitrogens with one attached hydrogen (secondary N) is 1. The van der Waals surface area contributed by atoms with Crippen LogP contribution in [0.3, 0.4) is 0 Å². The second-order valence-corrected chi connectivity index (χ2v) is 6.09. The summed E-state index contributed by atoms with van der Waals surface area (Å²) in [5, 5.41) is 11.6. The number of carbonyl (C=O) groups is 2. The first-order valence-corrected chi connectivity index (χ1v) is 7.74. The third-order valence-corrected chi connectivity index (χ3v) is 4.09. The Hall–Kier alpha value is -2.31. The van der Waals surface area contributed by atoms with Crippen LogP contribution in [0.25, 0.3) is 6.08 Å². The lowest BCUT2D eigenvalue weighted by atomic mass is 10.1. The van der Waals surface area contributed by atoms with Gasteiger partial charge in [-0.1, -0.05) is 29.8 Å². The quantitative estimate of drug-likeness (QED) is 0.608. The summed E-state index contributed by atoms with van der Waals surface area (Å²) in [5.41, 5.74) is 3.23. The Morgan fingerprint density at radius 3 is 2.57 bits per heavy atom. The number of halogens is 2. The maximum Gasteiger partial charge on any atom is 0.282 e. The first-order valence-electron chi connectivity index (χ1n) is 6.57. The Labute approximate surface area is 145 Å². The maximum absolute atomic E-state index is 12.4. The molecule has 2 aromatic carbocycles. The Morgan fingerprint density at radius 1 is 1.17 bits per heavy atom. The smallest absolute Gasteiger partial charge is 0.282 e. The van der Waals surface area contributed by atoms with Gasteiger partial charge in [0.05, 0.1) is 10.2 Å². The number of para-hydroxylation sites is 1. The molecule has 0 aromatic heterocycles. The van der Waals surface area contributed by atoms with Crippen LogP contribution in [0.1, 0.15) is 5.56 Å². The number of benzene rings is 2. The first kappa shape index (κ1) is 15.6. The van der Waals surface area contributed by atoms with Gasteiger partial charge in [0.2, 0.25) is 0 Å². The van der Waals surface area contributed by atoms with E-state index in [1.165, 1.54) is 18.2 Å². The predicted molar refractivity (Wildman–Crippen MR) is 90.9 cm³/mol. The molecule has 1 aliphatic heterocycles. The number of hydrogen-bond acceptors (Lipinski definition) is 3. The average molecular weight is 394 g/mol. The SMILES string of the molecule is O=C1NN(c2ccccc2)C(=O)C1=Cc1cc(Cl)cc(Br)c1O. The molecule has 1 fully saturated rings. The lowest BCUT2D eigenvalue weighted by Crippen LogP contribution is -2.35. The van der Waals surface area contributed by atoms with Crippen molar-refractivity contribution in [2.24, 2.45) is 0 Å². The van der Waals surface area contributed by atoms with Crippen molar-refractivity contribution in [1.29, 1.82) is 0 Å². The molecule has 116 valence electrons. The number of hydrogen-bond donors (Lipinski definition) is 2. The van der Waals surface area contributed by atoms with Gasteiger partial charge in [-0.25, -0.2) is 5.01 Å². The van der Waals surface area contributed by atoms with E-state index in [2.05, 4.69) is 21.4 Å². The van der Waals surface area contributed by atoms with E-state index in [0.29, 0.717) is 15.2 Å². The molecule has 2 amide bonds. The molecule has 2 aromatic rings. The van der Waals surface area contributed by atoms with Gasteiger partial charge in [0.1, 0.15) is 11.3 Å². The van der Waals surface area contributed by atoms with Crippen molar-refractivity contribution in [3.63, 3.8) is 0 Å². The first-order chi connectivity index (χ1) is 11.0. The standard InChI is InChI=1S/C16H10BrClN2O3/c17-13-8-10(18)6-9(14(13)21)7-12-15(22)19-20(16(12)23)11-4-2-1-3-5-11/h1-8,21H,(H,19,22). The molecule has 7 heteroatoms. The number of amides is 2. The number of carbonyl (C=O) groups excluding carboxylic acids is 2. The number of aromatic hydroxyl groups is 1. The van der Waals surface area contributed by atoms with Crippen molar-refractivity contribution in [2.75, 3.05) is 5.01 Å². The molecular formula is C16H10BrClN2O3. The highest BCUT2D eigenvalue weighted by Gasteiger charge is 2.34. The molecule has 1 heterocycles. The number of anilines is 1. The van der Waals surface area contributed by atoms with Gasteiger partial charge in [-0.2, -0.15) is 0 Å². The zero-order chi connectivity index (χ0) is 16.6. The Kier molecular flexibility index (Phi) is 4.11. The van der Waals surface area contributed by atoms with E-state index in [0.717, 1.165) is 5.01 Å². The lowest BCUT2D eigenvalue weighted by molar-refractivity contribution is -0.117. The highest BCUT2D eigenvalue weighted by atomic mass is 79.9. The summed E-state index contributed by atoms with van der Waals surface area (Å²) in [6, 6.07) is 11.7. The summed E-state index contributed by atoms with van der Waals surface area (Å²) in [4.78, 5) is 24.5. The molecule has 23 heavy (non-hydrogen) atoms. The fourth-order valence-corrected chi connectivity index (χ4v) is 3.00. The molecule has 2 N–H and O–H groups in total. The summed E-state index contributed by atoms with van der Waals surface area (Å²) < 4.78 is 0.377. The van der Waals surface area contributed by atoms with Crippen molar-refractivity contribution in [2.45, 2.75) is 0 Å². The summed E-state index contributed by atoms with van der Waals surface area (Å²) in [7, 11) is 0. The van der Waals surface area contributed by atoms with Gasteiger partial charge in [-0.15, -0.1) is 0 Å². The summed E-state index contributed by atoms with van der Waals surface area (Å²) in [6.45, 7) is 0. The normalized spacial score (nSPS) is 16.1. The topological polar surface area (TPSA) is 69.6 Å². The third kappa shape index (κ3) is 2.95. The van der Waals surface area contributed by atoms with Gasteiger partial charge in [-0.3, -0.25) is 15.0 Å². The zero-order valence-electron chi connectivity index (χ0n) is 11.6.